The zero-order valence-corrected chi connectivity index (χ0v) is 17.7. The Morgan fingerprint density at radius 3 is 2.44 bits per heavy atom. The molecule has 1 aliphatic heterocycles. The van der Waals surface area contributed by atoms with E-state index in [1.165, 1.54) is 35.3 Å². The van der Waals surface area contributed by atoms with Crippen molar-refractivity contribution in [2.45, 2.75) is 49.5 Å². The highest BCUT2D eigenvalue weighted by Gasteiger charge is 2.33. The number of amides is 1. The van der Waals surface area contributed by atoms with Gasteiger partial charge in [-0.2, -0.15) is 4.31 Å². The van der Waals surface area contributed by atoms with Crippen LogP contribution in [0.4, 0.5) is 5.69 Å². The smallest absolute Gasteiger partial charge is 0.279 e. The monoisotopic (exact) mass is 414 g/mol. The Kier molecular flexibility index (Phi) is 6.15. The van der Waals surface area contributed by atoms with Gasteiger partial charge in [0, 0.05) is 13.1 Å². The summed E-state index contributed by atoms with van der Waals surface area (Å²) < 4.78 is 27.6. The maximum absolute atomic E-state index is 12.8. The van der Waals surface area contributed by atoms with E-state index in [4.69, 9.17) is 11.6 Å². The summed E-state index contributed by atoms with van der Waals surface area (Å²) in [6.45, 7) is 1.42. The number of anilines is 1. The number of benzene rings is 1. The molecule has 1 amide bonds. The highest BCUT2D eigenvalue weighted by Crippen LogP contribution is 2.29. The summed E-state index contributed by atoms with van der Waals surface area (Å²) in [6, 6.07) is 5.01. The van der Waals surface area contributed by atoms with E-state index in [1.54, 1.807) is 0 Å². The lowest BCUT2D eigenvalue weighted by molar-refractivity contribution is -0.906. The Morgan fingerprint density at radius 1 is 1.19 bits per heavy atom. The second-order valence-corrected chi connectivity index (χ2v) is 10.5. The predicted octanol–water partition coefficient (Wildman–Crippen LogP) is 3.08. The first-order valence-corrected chi connectivity index (χ1v) is 11.4. The largest absolute Gasteiger partial charge is 0.320 e. The van der Waals surface area contributed by atoms with E-state index >= 15 is 0 Å². The molecule has 27 heavy (non-hydrogen) atoms. The lowest BCUT2D eigenvalue weighted by atomic mass is 10.2. The maximum Gasteiger partial charge on any atom is 0.279 e. The first-order chi connectivity index (χ1) is 12.7. The fourth-order valence-corrected chi connectivity index (χ4v) is 5.84. The number of hydrogen-bond acceptors (Lipinski definition) is 3. The quantitative estimate of drug-likeness (QED) is 0.727. The lowest BCUT2D eigenvalue weighted by Crippen LogP contribution is -2.51. The van der Waals surface area contributed by atoms with E-state index in [0.29, 0.717) is 40.9 Å². The van der Waals surface area contributed by atoms with Crippen LogP contribution in [0.5, 0.6) is 0 Å². The van der Waals surface area contributed by atoms with E-state index in [1.807, 2.05) is 0 Å². The molecule has 0 aromatic heterocycles. The Balaban J connectivity index is 1.73. The van der Waals surface area contributed by atoms with Crippen LogP contribution in [-0.2, 0) is 14.8 Å². The number of likely N-dealkylation sites (N-methyl/N-ethyl adjacent to an activating group) is 1. The molecule has 1 N–H and O–H groups in total. The highest BCUT2D eigenvalue weighted by atomic mass is 35.5. The van der Waals surface area contributed by atoms with Crippen molar-refractivity contribution in [3.05, 3.63) is 23.2 Å². The third-order valence-electron chi connectivity index (χ3n) is 5.78. The molecule has 0 atom stereocenters. The van der Waals surface area contributed by atoms with Gasteiger partial charge >= 0.3 is 0 Å². The average molecular weight is 415 g/mol. The first kappa shape index (κ1) is 20.6. The molecule has 8 heteroatoms. The van der Waals surface area contributed by atoms with Crippen LogP contribution in [0, 0.1) is 0 Å². The van der Waals surface area contributed by atoms with Gasteiger partial charge in [0.2, 0.25) is 10.0 Å². The van der Waals surface area contributed by atoms with Crippen molar-refractivity contribution in [3.63, 3.8) is 0 Å². The Labute approximate surface area is 167 Å². The molecule has 3 rings (SSSR count). The van der Waals surface area contributed by atoms with Crippen LogP contribution in [-0.4, -0.2) is 62.9 Å². The second-order valence-electron chi connectivity index (χ2n) is 8.18. The minimum absolute atomic E-state index is 0.149. The molecular weight excluding hydrogens is 386 g/mol. The van der Waals surface area contributed by atoms with Gasteiger partial charge in [0.25, 0.3) is 5.91 Å². The van der Waals surface area contributed by atoms with Gasteiger partial charge in [0.05, 0.1) is 35.7 Å². The van der Waals surface area contributed by atoms with E-state index in [-0.39, 0.29) is 10.8 Å². The molecule has 0 spiro atoms. The molecule has 1 saturated carbocycles. The average Bonchev–Trinajstić information content (AvgIpc) is 3.30. The van der Waals surface area contributed by atoms with Gasteiger partial charge in [-0.25, -0.2) is 8.42 Å². The zero-order valence-electron chi connectivity index (χ0n) is 16.1. The van der Waals surface area contributed by atoms with Gasteiger partial charge in [-0.05, 0) is 56.7 Å². The van der Waals surface area contributed by atoms with E-state index in [9.17, 15) is 13.2 Å². The van der Waals surface area contributed by atoms with E-state index in [2.05, 4.69) is 19.4 Å². The minimum atomic E-state index is -3.54. The van der Waals surface area contributed by atoms with Crippen molar-refractivity contribution >= 4 is 33.2 Å². The molecule has 2 fully saturated rings. The van der Waals surface area contributed by atoms with Crippen molar-refractivity contribution in [1.82, 2.24) is 4.31 Å². The molecule has 150 valence electrons. The molecule has 1 aromatic carbocycles. The van der Waals surface area contributed by atoms with Crippen LogP contribution in [0.1, 0.15) is 38.5 Å². The normalized spacial score (nSPS) is 19.5. The van der Waals surface area contributed by atoms with Gasteiger partial charge in [-0.15, -0.1) is 0 Å². The summed E-state index contributed by atoms with van der Waals surface area (Å²) in [5.74, 6) is -0.149. The summed E-state index contributed by atoms with van der Waals surface area (Å²) in [7, 11) is 0.607. The zero-order chi connectivity index (χ0) is 19.7. The van der Waals surface area contributed by atoms with Crippen LogP contribution in [0.25, 0.3) is 0 Å². The summed E-state index contributed by atoms with van der Waals surface area (Å²) >= 11 is 6.22. The van der Waals surface area contributed by atoms with Gasteiger partial charge in [0.15, 0.2) is 6.54 Å². The number of hydrogen-bond donors (Lipinski definition) is 1. The Hall–Kier alpha value is -1.15. The fraction of sp³-hybridized carbons (Fsp3) is 0.632. The third kappa shape index (κ3) is 4.65. The van der Waals surface area contributed by atoms with Crippen LogP contribution in [0.2, 0.25) is 5.02 Å². The van der Waals surface area contributed by atoms with Crippen LogP contribution >= 0.6 is 11.6 Å². The van der Waals surface area contributed by atoms with Crippen LogP contribution in [0.3, 0.4) is 0 Å². The number of nitrogens with one attached hydrogen (secondary N) is 1. The maximum atomic E-state index is 12.8. The molecule has 2 aliphatic rings. The fourth-order valence-electron chi connectivity index (χ4n) is 4.13. The van der Waals surface area contributed by atoms with Crippen molar-refractivity contribution < 1.29 is 17.7 Å². The molecular formula is C19H29ClN3O3S+. The SMILES string of the molecule is C[N+](C)(CC(=O)Nc1cc(S(=O)(=O)N2CCCC2)ccc1Cl)C1CCCC1. The summed E-state index contributed by atoms with van der Waals surface area (Å²) in [4.78, 5) is 12.8. The van der Waals surface area contributed by atoms with Gasteiger partial charge in [-0.1, -0.05) is 11.6 Å². The second kappa shape index (κ2) is 8.07. The molecule has 1 aromatic rings. The lowest BCUT2D eigenvalue weighted by Gasteiger charge is -2.35. The van der Waals surface area contributed by atoms with Crippen molar-refractivity contribution in [1.29, 1.82) is 0 Å². The highest BCUT2D eigenvalue weighted by molar-refractivity contribution is 7.89. The van der Waals surface area contributed by atoms with Gasteiger partial charge < -0.3 is 9.80 Å². The standard InChI is InChI=1S/C19H28ClN3O3S/c1-23(2,15-7-3-4-8-15)14-19(24)21-18-13-16(9-10-17(18)20)27(25,26)22-11-5-6-12-22/h9-10,13,15H,3-8,11-12,14H2,1-2H3/p+1. The Bertz CT molecular complexity index is 798. The van der Waals surface area contributed by atoms with Crippen molar-refractivity contribution in [3.8, 4) is 0 Å². The van der Waals surface area contributed by atoms with Crippen molar-refractivity contribution in [2.75, 3.05) is 39.0 Å². The van der Waals surface area contributed by atoms with Crippen LogP contribution in [0.15, 0.2) is 23.1 Å². The van der Waals surface area contributed by atoms with Gasteiger partial charge in [-0.3, -0.25) is 4.79 Å². The molecule has 0 radical (unpaired) electrons. The number of nitrogens with zero attached hydrogens (tertiary/aromatic N) is 2. The van der Waals surface area contributed by atoms with E-state index < -0.39 is 10.0 Å². The number of rotatable bonds is 6. The number of sulfonamides is 1. The number of carbonyl (C=O) groups excluding carboxylic acids is 1. The minimum Gasteiger partial charge on any atom is -0.320 e. The molecule has 1 heterocycles. The predicted molar refractivity (Wildman–Crippen MR) is 107 cm³/mol. The van der Waals surface area contributed by atoms with E-state index in [0.717, 1.165) is 25.7 Å². The summed E-state index contributed by atoms with van der Waals surface area (Å²) in [6.07, 6.45) is 6.48. The van der Waals surface area contributed by atoms with Crippen molar-refractivity contribution in [2.24, 2.45) is 0 Å². The molecule has 0 unspecified atom stereocenters. The summed E-state index contributed by atoms with van der Waals surface area (Å²) in [5, 5.41) is 3.17. The number of quaternary nitrogens is 1. The molecule has 1 aliphatic carbocycles. The van der Waals surface area contributed by atoms with Gasteiger partial charge in [0.1, 0.15) is 0 Å². The number of carbonyl (C=O) groups is 1. The summed E-state index contributed by atoms with van der Waals surface area (Å²) in [5.41, 5.74) is 0.355. The number of halogens is 1. The topological polar surface area (TPSA) is 66.5 Å². The molecule has 1 saturated heterocycles. The van der Waals surface area contributed by atoms with Crippen LogP contribution < -0.4 is 5.32 Å². The molecule has 6 nitrogen and oxygen atoms in total. The third-order valence-corrected chi connectivity index (χ3v) is 8.00. The Morgan fingerprint density at radius 2 is 1.81 bits per heavy atom. The molecule has 0 bridgehead atoms. The first-order valence-electron chi connectivity index (χ1n) is 9.62.